The third-order valence-electron chi connectivity index (χ3n) is 3.45. The van der Waals surface area contributed by atoms with Crippen molar-refractivity contribution in [3.05, 3.63) is 70.0 Å². The Balaban J connectivity index is 2.54. The number of halogens is 5. The Kier molecular flexibility index (Phi) is 4.28. The van der Waals surface area contributed by atoms with Crippen molar-refractivity contribution in [1.29, 1.82) is 0 Å². The van der Waals surface area contributed by atoms with Crippen LogP contribution in [-0.2, 0) is 5.41 Å². The van der Waals surface area contributed by atoms with Crippen LogP contribution in [0.1, 0.15) is 42.3 Å². The number of carbonyl (C=O) groups excluding carboxylic acids is 1. The van der Waals surface area contributed by atoms with Crippen molar-refractivity contribution >= 4 is 5.78 Å². The minimum atomic E-state index is -2.29. The Morgan fingerprint density at radius 2 is 1.13 bits per heavy atom. The van der Waals surface area contributed by atoms with E-state index in [4.69, 9.17) is 0 Å². The van der Waals surface area contributed by atoms with Crippen molar-refractivity contribution in [2.24, 2.45) is 0 Å². The number of hydrogen-bond acceptors (Lipinski definition) is 1. The molecule has 0 atom stereocenters. The predicted molar refractivity (Wildman–Crippen MR) is 74.8 cm³/mol. The highest BCUT2D eigenvalue weighted by Crippen LogP contribution is 2.27. The van der Waals surface area contributed by atoms with E-state index < -0.39 is 40.4 Å². The second kappa shape index (κ2) is 5.76. The monoisotopic (exact) mass is 328 g/mol. The molecule has 0 aliphatic heterocycles. The summed E-state index contributed by atoms with van der Waals surface area (Å²) in [6.07, 6.45) is 0. The normalized spacial score (nSPS) is 11.7. The molecule has 0 unspecified atom stereocenters. The van der Waals surface area contributed by atoms with Gasteiger partial charge in [0.25, 0.3) is 0 Å². The topological polar surface area (TPSA) is 17.1 Å². The van der Waals surface area contributed by atoms with E-state index >= 15 is 0 Å². The zero-order valence-electron chi connectivity index (χ0n) is 12.6. The largest absolute Gasteiger partial charge is 0.288 e. The van der Waals surface area contributed by atoms with Crippen molar-refractivity contribution < 1.29 is 26.7 Å². The summed E-state index contributed by atoms with van der Waals surface area (Å²) >= 11 is 0. The van der Waals surface area contributed by atoms with Gasteiger partial charge in [-0.3, -0.25) is 4.79 Å². The van der Waals surface area contributed by atoms with E-state index in [1.54, 1.807) is 12.1 Å². The maximum absolute atomic E-state index is 13.7. The second-order valence-corrected chi connectivity index (χ2v) is 6.10. The number of rotatable bonds is 2. The van der Waals surface area contributed by atoms with E-state index in [0.717, 1.165) is 5.56 Å². The smallest absolute Gasteiger partial charge is 0.200 e. The summed E-state index contributed by atoms with van der Waals surface area (Å²) in [6, 6.07) is 5.72. The molecule has 2 rings (SSSR count). The third-order valence-corrected chi connectivity index (χ3v) is 3.45. The average Bonchev–Trinajstić information content (AvgIpc) is 2.50. The van der Waals surface area contributed by atoms with E-state index in [0.29, 0.717) is 0 Å². The minimum Gasteiger partial charge on any atom is -0.288 e. The molecule has 0 aliphatic rings. The first-order valence-electron chi connectivity index (χ1n) is 6.72. The van der Waals surface area contributed by atoms with Crippen molar-refractivity contribution in [1.82, 2.24) is 0 Å². The lowest BCUT2D eigenvalue weighted by molar-refractivity contribution is 0.102. The summed E-state index contributed by atoms with van der Waals surface area (Å²) in [5.74, 6) is -12.1. The van der Waals surface area contributed by atoms with E-state index in [2.05, 4.69) is 0 Å². The molecule has 0 radical (unpaired) electrons. The van der Waals surface area contributed by atoms with Crippen LogP contribution in [0.15, 0.2) is 24.3 Å². The Bertz CT molecular complexity index is 744. The fourth-order valence-electron chi connectivity index (χ4n) is 2.07. The standard InChI is InChI=1S/C17H13F5O/c1-17(2,3)9-6-4-8(5-7-9)16(23)10-11(18)13(20)15(22)14(21)12(10)19/h4-7H,1-3H3. The fraction of sp³-hybridized carbons (Fsp3) is 0.235. The molecule has 0 amide bonds. The average molecular weight is 328 g/mol. The van der Waals surface area contributed by atoms with Crippen LogP contribution in [0, 0.1) is 29.1 Å². The van der Waals surface area contributed by atoms with Crippen LogP contribution in [0.3, 0.4) is 0 Å². The Labute approximate surface area is 129 Å². The molecular formula is C17H13F5O. The SMILES string of the molecule is CC(C)(C)c1ccc(C(=O)c2c(F)c(F)c(F)c(F)c2F)cc1. The van der Waals surface area contributed by atoms with Gasteiger partial charge in [-0.1, -0.05) is 45.0 Å². The van der Waals surface area contributed by atoms with Crippen molar-refractivity contribution in [3.63, 3.8) is 0 Å². The van der Waals surface area contributed by atoms with Gasteiger partial charge in [0, 0.05) is 5.56 Å². The molecule has 0 saturated heterocycles. The zero-order valence-corrected chi connectivity index (χ0v) is 12.6. The zero-order chi connectivity index (χ0) is 17.5. The third kappa shape index (κ3) is 2.98. The molecule has 0 saturated carbocycles. The number of ketones is 1. The fourth-order valence-corrected chi connectivity index (χ4v) is 2.07. The lowest BCUT2D eigenvalue weighted by atomic mass is 9.86. The molecule has 0 aromatic heterocycles. The Hall–Kier alpha value is -2.24. The van der Waals surface area contributed by atoms with Crippen LogP contribution in [0.2, 0.25) is 0 Å². The van der Waals surface area contributed by atoms with Gasteiger partial charge in [0.2, 0.25) is 5.82 Å². The van der Waals surface area contributed by atoms with Crippen molar-refractivity contribution in [2.75, 3.05) is 0 Å². The second-order valence-electron chi connectivity index (χ2n) is 6.10. The molecule has 23 heavy (non-hydrogen) atoms. The van der Waals surface area contributed by atoms with Crippen LogP contribution in [0.25, 0.3) is 0 Å². The summed E-state index contributed by atoms with van der Waals surface area (Å²) in [5.41, 5.74) is -0.982. The molecule has 0 N–H and O–H groups in total. The van der Waals surface area contributed by atoms with Gasteiger partial charge in [0.15, 0.2) is 29.1 Å². The molecule has 0 heterocycles. The van der Waals surface area contributed by atoms with Gasteiger partial charge in [-0.2, -0.15) is 0 Å². The summed E-state index contributed by atoms with van der Waals surface area (Å²) in [7, 11) is 0. The summed E-state index contributed by atoms with van der Waals surface area (Å²) in [6.45, 7) is 5.77. The van der Waals surface area contributed by atoms with Crippen molar-refractivity contribution in [2.45, 2.75) is 26.2 Å². The molecule has 0 aliphatic carbocycles. The van der Waals surface area contributed by atoms with E-state index in [1.807, 2.05) is 20.8 Å². The van der Waals surface area contributed by atoms with Gasteiger partial charge in [0.1, 0.15) is 5.56 Å². The molecule has 6 heteroatoms. The van der Waals surface area contributed by atoms with E-state index in [9.17, 15) is 26.7 Å². The highest BCUT2D eigenvalue weighted by molar-refractivity contribution is 6.09. The number of carbonyl (C=O) groups is 1. The highest BCUT2D eigenvalue weighted by atomic mass is 19.2. The molecule has 1 nitrogen and oxygen atoms in total. The van der Waals surface area contributed by atoms with Crippen LogP contribution >= 0.6 is 0 Å². The summed E-state index contributed by atoms with van der Waals surface area (Å²) in [5, 5.41) is 0. The Morgan fingerprint density at radius 3 is 1.52 bits per heavy atom. The molecule has 0 fully saturated rings. The highest BCUT2D eigenvalue weighted by Gasteiger charge is 2.30. The van der Waals surface area contributed by atoms with E-state index in [-0.39, 0.29) is 11.0 Å². The van der Waals surface area contributed by atoms with Gasteiger partial charge in [-0.05, 0) is 11.0 Å². The molecule has 2 aromatic carbocycles. The first-order chi connectivity index (χ1) is 10.6. The Morgan fingerprint density at radius 1 is 0.739 bits per heavy atom. The number of benzene rings is 2. The van der Waals surface area contributed by atoms with Gasteiger partial charge >= 0.3 is 0 Å². The number of hydrogen-bond donors (Lipinski definition) is 0. The summed E-state index contributed by atoms with van der Waals surface area (Å²) < 4.78 is 66.7. The van der Waals surface area contributed by atoms with Gasteiger partial charge < -0.3 is 0 Å². The minimum absolute atomic E-state index is 0.166. The molecule has 0 bridgehead atoms. The molecule has 2 aromatic rings. The van der Waals surface area contributed by atoms with Gasteiger partial charge in [-0.25, -0.2) is 22.0 Å². The maximum Gasteiger partial charge on any atom is 0.200 e. The first kappa shape index (κ1) is 17.1. The van der Waals surface area contributed by atoms with Crippen LogP contribution in [0.5, 0.6) is 0 Å². The van der Waals surface area contributed by atoms with Crippen molar-refractivity contribution in [3.8, 4) is 0 Å². The molecule has 0 spiro atoms. The predicted octanol–water partition coefficient (Wildman–Crippen LogP) is 4.91. The quantitative estimate of drug-likeness (QED) is 0.331. The first-order valence-corrected chi connectivity index (χ1v) is 6.72. The van der Waals surface area contributed by atoms with Crippen LogP contribution in [-0.4, -0.2) is 5.78 Å². The summed E-state index contributed by atoms with van der Waals surface area (Å²) in [4.78, 5) is 12.1. The maximum atomic E-state index is 13.7. The van der Waals surface area contributed by atoms with E-state index in [1.165, 1.54) is 12.1 Å². The molecular weight excluding hydrogens is 315 g/mol. The lowest BCUT2D eigenvalue weighted by Gasteiger charge is -2.19. The van der Waals surface area contributed by atoms with Gasteiger partial charge in [-0.15, -0.1) is 0 Å². The lowest BCUT2D eigenvalue weighted by Crippen LogP contribution is -2.15. The van der Waals surface area contributed by atoms with Crippen LogP contribution < -0.4 is 0 Å². The van der Waals surface area contributed by atoms with Crippen LogP contribution in [0.4, 0.5) is 22.0 Å². The molecule has 122 valence electrons. The van der Waals surface area contributed by atoms with Gasteiger partial charge in [0.05, 0.1) is 0 Å².